The van der Waals surface area contributed by atoms with Crippen LogP contribution in [0.3, 0.4) is 0 Å². The molecule has 2 rings (SSSR count). The van der Waals surface area contributed by atoms with E-state index in [2.05, 4.69) is 16.9 Å². The predicted molar refractivity (Wildman–Crippen MR) is 115 cm³/mol. The zero-order valence-corrected chi connectivity index (χ0v) is 17.5. The van der Waals surface area contributed by atoms with Crippen LogP contribution in [0.2, 0.25) is 0 Å². The number of hydrogen-bond donors (Lipinski definition) is 1. The third-order valence-corrected chi connectivity index (χ3v) is 4.96. The Balaban J connectivity index is 0.00000176. The lowest BCUT2D eigenvalue weighted by molar-refractivity contribution is 0.0637. The third kappa shape index (κ3) is 7.10. The van der Waals surface area contributed by atoms with Gasteiger partial charge in [0.05, 0.1) is 15.5 Å². The molecule has 0 saturated carbocycles. The van der Waals surface area contributed by atoms with Gasteiger partial charge in [-0.3, -0.25) is 4.99 Å². The maximum absolute atomic E-state index is 13.4. The van der Waals surface area contributed by atoms with Crippen molar-refractivity contribution in [2.24, 2.45) is 4.99 Å². The molecule has 0 unspecified atom stereocenters. The Labute approximate surface area is 165 Å². The predicted octanol–water partition coefficient (Wildman–Crippen LogP) is 6.56. The second-order valence-corrected chi connectivity index (χ2v) is 6.89. The van der Waals surface area contributed by atoms with Gasteiger partial charge in [-0.2, -0.15) is 0 Å². The topological polar surface area (TPSA) is 24.4 Å². The Kier molecular flexibility index (Phi) is 9.09. The van der Waals surface area contributed by atoms with Crippen LogP contribution in [-0.2, 0) is 6.54 Å². The van der Waals surface area contributed by atoms with Crippen LogP contribution >= 0.6 is 11.3 Å². The fraction of sp³-hybridized carbons (Fsp3) is 0.318. The van der Waals surface area contributed by atoms with Gasteiger partial charge in [-0.05, 0) is 36.3 Å². The molecular formula is C22H28F2N2S. The molecule has 27 heavy (non-hydrogen) atoms. The molecule has 0 atom stereocenters. The highest BCUT2D eigenvalue weighted by atomic mass is 32.1. The van der Waals surface area contributed by atoms with Gasteiger partial charge in [0.25, 0.3) is 5.92 Å². The van der Waals surface area contributed by atoms with Gasteiger partial charge >= 0.3 is 0 Å². The van der Waals surface area contributed by atoms with Gasteiger partial charge in [0, 0.05) is 26.2 Å². The van der Waals surface area contributed by atoms with Crippen LogP contribution in [0, 0.1) is 0 Å². The zero-order chi connectivity index (χ0) is 20.4. The normalized spacial score (nSPS) is 12.3. The lowest BCUT2D eigenvalue weighted by Gasteiger charge is -2.11. The first-order valence-electron chi connectivity index (χ1n) is 8.92. The average Bonchev–Trinajstić information content (AvgIpc) is 3.15. The molecule has 5 heteroatoms. The molecule has 2 nitrogen and oxygen atoms in total. The van der Waals surface area contributed by atoms with Crippen molar-refractivity contribution in [2.45, 2.75) is 40.2 Å². The molecule has 1 N–H and O–H groups in total. The monoisotopic (exact) mass is 390 g/mol. The highest BCUT2D eigenvalue weighted by molar-refractivity contribution is 7.15. The number of nitrogens with one attached hydrogen (secondary N) is 1. The molecule has 0 radical (unpaired) electrons. The van der Waals surface area contributed by atoms with E-state index < -0.39 is 5.92 Å². The molecule has 1 aromatic heterocycles. The fourth-order valence-electron chi connectivity index (χ4n) is 2.11. The van der Waals surface area contributed by atoms with Crippen molar-refractivity contribution in [2.75, 3.05) is 7.05 Å². The van der Waals surface area contributed by atoms with E-state index in [1.54, 1.807) is 7.05 Å². The van der Waals surface area contributed by atoms with E-state index in [1.807, 2.05) is 56.3 Å². The molecular weight excluding hydrogens is 362 g/mol. The van der Waals surface area contributed by atoms with Crippen LogP contribution in [0.15, 0.2) is 65.7 Å². The number of thiophene rings is 1. The molecule has 0 aliphatic rings. The molecule has 0 bridgehead atoms. The average molecular weight is 391 g/mol. The highest BCUT2D eigenvalue weighted by Gasteiger charge is 2.24. The number of hydrogen-bond acceptors (Lipinski definition) is 3. The summed E-state index contributed by atoms with van der Waals surface area (Å²) in [5.41, 5.74) is 2.51. The van der Waals surface area contributed by atoms with Crippen molar-refractivity contribution >= 4 is 22.7 Å². The van der Waals surface area contributed by atoms with Crippen LogP contribution in [0.25, 0.3) is 5.70 Å². The first-order valence-corrected chi connectivity index (χ1v) is 9.73. The van der Waals surface area contributed by atoms with Crippen molar-refractivity contribution in [3.63, 3.8) is 0 Å². The molecule has 0 fully saturated rings. The van der Waals surface area contributed by atoms with Gasteiger partial charge in [-0.15, -0.1) is 11.3 Å². The van der Waals surface area contributed by atoms with E-state index in [1.165, 1.54) is 29.9 Å². The standard InChI is InChI=1S/C20H22F2N2S.C2H6/c1-14(20(3,21)22)12-17(23-4)19-11-10-18(25-19)15(2)24-13-16-8-6-5-7-9-16;1-2/h5-12,24H,2,13H2,1,3-4H3;1-2H3/b14-12+,23-17?;. The van der Waals surface area contributed by atoms with E-state index in [-0.39, 0.29) is 5.57 Å². The van der Waals surface area contributed by atoms with Gasteiger partial charge in [-0.25, -0.2) is 8.78 Å². The number of aliphatic imine (C=N–C) groups is 1. The van der Waals surface area contributed by atoms with Crippen LogP contribution in [0.1, 0.15) is 43.0 Å². The summed E-state index contributed by atoms with van der Waals surface area (Å²) in [7, 11) is 1.61. The fourth-order valence-corrected chi connectivity index (χ4v) is 3.07. The van der Waals surface area contributed by atoms with E-state index in [9.17, 15) is 8.78 Å². The molecule has 0 amide bonds. The summed E-state index contributed by atoms with van der Waals surface area (Å²) in [4.78, 5) is 5.94. The summed E-state index contributed by atoms with van der Waals surface area (Å²) in [6, 6.07) is 13.9. The molecule has 1 heterocycles. The van der Waals surface area contributed by atoms with E-state index in [0.29, 0.717) is 12.3 Å². The number of halogens is 2. The molecule has 1 aromatic carbocycles. The molecule has 0 aliphatic heterocycles. The highest BCUT2D eigenvalue weighted by Crippen LogP contribution is 2.26. The Morgan fingerprint density at radius 3 is 2.30 bits per heavy atom. The smallest absolute Gasteiger partial charge is 0.266 e. The number of benzene rings is 1. The van der Waals surface area contributed by atoms with Crippen LogP contribution in [-0.4, -0.2) is 18.7 Å². The molecule has 146 valence electrons. The SMILES string of the molecule is C=C(NCc1ccccc1)c1ccc(C(/C=C(\C)C(C)(F)F)=NC)s1.CC. The van der Waals surface area contributed by atoms with E-state index in [4.69, 9.17) is 0 Å². The zero-order valence-electron chi connectivity index (χ0n) is 16.6. The van der Waals surface area contributed by atoms with Gasteiger partial charge in [0.2, 0.25) is 0 Å². The second kappa shape index (κ2) is 10.8. The molecule has 2 aromatic rings. The summed E-state index contributed by atoms with van der Waals surface area (Å²) < 4.78 is 26.8. The Morgan fingerprint density at radius 1 is 1.15 bits per heavy atom. The molecule has 0 aliphatic carbocycles. The second-order valence-electron chi connectivity index (χ2n) is 5.81. The lowest BCUT2D eigenvalue weighted by atomic mass is 10.1. The minimum Gasteiger partial charge on any atom is -0.380 e. The van der Waals surface area contributed by atoms with Crippen LogP contribution in [0.5, 0.6) is 0 Å². The summed E-state index contributed by atoms with van der Waals surface area (Å²) >= 11 is 1.48. The van der Waals surface area contributed by atoms with E-state index >= 15 is 0 Å². The van der Waals surface area contributed by atoms with E-state index in [0.717, 1.165) is 22.4 Å². The first-order chi connectivity index (χ1) is 12.8. The van der Waals surface area contributed by atoms with Gasteiger partial charge < -0.3 is 5.32 Å². The Bertz CT molecular complexity index is 784. The minimum absolute atomic E-state index is 0.0101. The van der Waals surface area contributed by atoms with Gasteiger partial charge in [0.15, 0.2) is 0 Å². The maximum Gasteiger partial charge on any atom is 0.266 e. The molecule has 0 saturated heterocycles. The summed E-state index contributed by atoms with van der Waals surface area (Å²) in [5.74, 6) is -2.85. The van der Waals surface area contributed by atoms with Crippen LogP contribution in [0.4, 0.5) is 8.78 Å². The van der Waals surface area contributed by atoms with Crippen molar-refractivity contribution < 1.29 is 8.78 Å². The molecule has 0 spiro atoms. The van der Waals surface area contributed by atoms with Crippen molar-refractivity contribution in [3.05, 3.63) is 76.0 Å². The Hall–Kier alpha value is -2.27. The van der Waals surface area contributed by atoms with Gasteiger partial charge in [-0.1, -0.05) is 50.8 Å². The first kappa shape index (κ1) is 22.8. The number of allylic oxidation sites excluding steroid dienone is 2. The van der Waals surface area contributed by atoms with Crippen molar-refractivity contribution in [1.82, 2.24) is 5.32 Å². The maximum atomic E-state index is 13.4. The quantitative estimate of drug-likeness (QED) is 0.532. The van der Waals surface area contributed by atoms with Gasteiger partial charge in [0.1, 0.15) is 0 Å². The summed E-state index contributed by atoms with van der Waals surface area (Å²) in [6.07, 6.45) is 1.44. The Morgan fingerprint density at radius 2 is 1.74 bits per heavy atom. The van der Waals surface area contributed by atoms with Crippen molar-refractivity contribution in [3.8, 4) is 0 Å². The summed E-state index contributed by atoms with van der Waals surface area (Å²) in [6.45, 7) is 11.1. The summed E-state index contributed by atoms with van der Waals surface area (Å²) in [5, 5.41) is 3.29. The van der Waals surface area contributed by atoms with Crippen molar-refractivity contribution in [1.29, 1.82) is 0 Å². The largest absolute Gasteiger partial charge is 0.380 e. The minimum atomic E-state index is -2.85. The number of nitrogens with zero attached hydrogens (tertiary/aromatic N) is 1. The lowest BCUT2D eigenvalue weighted by Crippen LogP contribution is -2.12. The van der Waals surface area contributed by atoms with Crippen LogP contribution < -0.4 is 5.32 Å². The third-order valence-electron chi connectivity index (χ3n) is 3.79. The number of rotatable bonds is 7. The number of alkyl halides is 2.